The Morgan fingerprint density at radius 1 is 0.445 bits per heavy atom. The number of nitrogens with zero attached hydrogens (tertiary/aromatic N) is 7. The van der Waals surface area contributed by atoms with E-state index in [1.54, 1.807) is 35.0 Å². The van der Waals surface area contributed by atoms with Crippen LogP contribution in [0.5, 0.6) is 5.75 Å². The van der Waals surface area contributed by atoms with Gasteiger partial charge < -0.3 is 49.4 Å². The molecule has 9 heterocycles. The number of hydrogen-bond acceptors (Lipinski definition) is 11. The number of aromatic nitrogens is 6. The molecule has 5 N–H and O–H groups in total. The number of aliphatic imine (C=N–C) groups is 3. The zero-order valence-electron chi connectivity index (χ0n) is 62.7. The van der Waals surface area contributed by atoms with Gasteiger partial charge in [0.1, 0.15) is 46.7 Å². The number of hydrogen-bond donors (Lipinski definition) is 5. The molecule has 2 amide bonds. The monoisotopic (exact) mass is 1520 g/mol. The van der Waals surface area contributed by atoms with Gasteiger partial charge in [0, 0.05) is 110 Å². The van der Waals surface area contributed by atoms with Crippen molar-refractivity contribution < 1.29 is 33.3 Å². The van der Waals surface area contributed by atoms with Gasteiger partial charge in [0.05, 0.1) is 72.1 Å². The lowest BCUT2D eigenvalue weighted by Gasteiger charge is -2.14. The molecule has 110 heavy (non-hydrogen) atoms. The van der Waals surface area contributed by atoms with Gasteiger partial charge in [0.15, 0.2) is 0 Å². The highest BCUT2D eigenvalue weighted by Gasteiger charge is 2.28. The molecular weight excluding hydrogens is 1440 g/mol. The largest absolute Gasteiger partial charge is 0.494 e. The first-order valence-electron chi connectivity index (χ1n) is 35.7. The van der Waals surface area contributed by atoms with Crippen LogP contribution in [0.4, 0.5) is 26.7 Å². The Kier molecular flexibility index (Phi) is 21.3. The molecule has 0 aliphatic carbocycles. The number of carbonyl (C=O) groups excluding carboxylic acids is 3. The van der Waals surface area contributed by atoms with Crippen molar-refractivity contribution in [2.45, 2.75) is 48.1 Å². The predicted molar refractivity (Wildman–Crippen MR) is 446 cm³/mol. The van der Waals surface area contributed by atoms with Gasteiger partial charge in [-0.3, -0.25) is 18.5 Å². The fraction of sp³-hybridized carbons (Fsp3) is 0.133. The Balaban J connectivity index is 0.000000138. The van der Waals surface area contributed by atoms with Crippen LogP contribution >= 0.6 is 15.9 Å². The molecule has 0 saturated heterocycles. The van der Waals surface area contributed by atoms with Gasteiger partial charge in [0.2, 0.25) is 0 Å². The van der Waals surface area contributed by atoms with Crippen molar-refractivity contribution in [3.05, 3.63) is 348 Å². The normalized spacial score (nSPS) is 14.2. The lowest BCUT2D eigenvalue weighted by atomic mass is 10.2. The predicted octanol–water partition coefficient (Wildman–Crippen LogP) is 20.1. The van der Waals surface area contributed by atoms with Gasteiger partial charge in [-0.15, -0.1) is 0 Å². The Hall–Kier alpha value is -13.5. The Morgan fingerprint density at radius 3 is 1.18 bits per heavy atom. The van der Waals surface area contributed by atoms with E-state index in [1.165, 1.54) is 0 Å². The van der Waals surface area contributed by atoms with Crippen LogP contribution in [0.3, 0.4) is 0 Å². The highest BCUT2D eigenvalue weighted by molar-refractivity contribution is 9.10. The van der Waals surface area contributed by atoms with E-state index < -0.39 is 0 Å². The average molecular weight is 1520 g/mol. The molecule has 0 atom stereocenters. The first-order chi connectivity index (χ1) is 53.3. The molecular formula is C90H81BrN12O7. The van der Waals surface area contributed by atoms with Crippen molar-refractivity contribution in [3.63, 3.8) is 0 Å². The summed E-state index contributed by atoms with van der Waals surface area (Å²) in [6.07, 6.45) is 11.6. The van der Waals surface area contributed by atoms with E-state index in [0.29, 0.717) is 86.4 Å². The van der Waals surface area contributed by atoms with Crippen LogP contribution in [0.25, 0.3) is 50.9 Å². The second-order valence-corrected chi connectivity index (χ2v) is 28.0. The fourth-order valence-corrected chi connectivity index (χ4v) is 13.8. The van der Waals surface area contributed by atoms with E-state index in [2.05, 4.69) is 80.5 Å². The van der Waals surface area contributed by atoms with Gasteiger partial charge in [-0.2, -0.15) is 0 Å². The summed E-state index contributed by atoms with van der Waals surface area (Å²) in [6, 6.07) is 67.6. The maximum absolute atomic E-state index is 13.7. The minimum Gasteiger partial charge on any atom is -0.494 e. The van der Waals surface area contributed by atoms with Gasteiger partial charge in [-0.1, -0.05) is 101 Å². The summed E-state index contributed by atoms with van der Waals surface area (Å²) in [4.78, 5) is 67.6. The van der Waals surface area contributed by atoms with E-state index in [-0.39, 0.29) is 18.0 Å². The van der Waals surface area contributed by atoms with Crippen molar-refractivity contribution in [2.24, 2.45) is 15.0 Å². The molecule has 20 heteroatoms. The molecule has 0 radical (unpaired) electrons. The fourth-order valence-electron chi connectivity index (χ4n) is 13.5. The van der Waals surface area contributed by atoms with Gasteiger partial charge in [-0.25, -0.2) is 24.6 Å². The maximum atomic E-state index is 13.7. The molecule has 7 aromatic carbocycles. The SMILES string of the molecule is COC1=CC(c2cc3ccccc3n2C(=O)Nc2ccc(N(C)C)cc2)=N/C1=C\c1[nH]c(C)cc1C.COC1=CC(c2cc3ccccc3n2C(=O)Nc2ccc(OCc3ccccc3)cc2)=N/C1=C\c1[nH]c(C)cc1C.COC1=CC(c2cc3ccccc3n2C(=O)c2ccc(Br)cc2)=N/C1=C/c1[nH]c(C)cc1C. The number of aromatic amines is 3. The summed E-state index contributed by atoms with van der Waals surface area (Å²) < 4.78 is 28.8. The molecule has 19 nitrogen and oxygen atoms in total. The van der Waals surface area contributed by atoms with E-state index >= 15 is 0 Å². The number of para-hydroxylation sites is 3. The lowest BCUT2D eigenvalue weighted by Crippen LogP contribution is -2.23. The number of ether oxygens (including phenoxy) is 4. The molecule has 6 aromatic heterocycles. The number of methoxy groups -OCH3 is 3. The van der Waals surface area contributed by atoms with Crippen LogP contribution in [0.1, 0.15) is 83.9 Å². The first-order valence-corrected chi connectivity index (χ1v) is 36.5. The quantitative estimate of drug-likeness (QED) is 0.0626. The molecule has 0 spiro atoms. The van der Waals surface area contributed by atoms with Gasteiger partial charge in [-0.05, 0) is 209 Å². The summed E-state index contributed by atoms with van der Waals surface area (Å²) in [6.45, 7) is 12.7. The van der Waals surface area contributed by atoms with E-state index in [0.717, 1.165) is 111 Å². The number of halogens is 1. The van der Waals surface area contributed by atoms with Crippen LogP contribution in [0, 0.1) is 41.5 Å². The van der Waals surface area contributed by atoms with Crippen LogP contribution in [0.15, 0.2) is 284 Å². The molecule has 16 rings (SSSR count). The zero-order chi connectivity index (χ0) is 76.9. The minimum absolute atomic E-state index is 0.109. The second kappa shape index (κ2) is 31.9. The number of fused-ring (bicyclic) bond motifs is 3. The van der Waals surface area contributed by atoms with Crippen molar-refractivity contribution in [2.75, 3.05) is 51.0 Å². The van der Waals surface area contributed by atoms with Crippen molar-refractivity contribution in [1.82, 2.24) is 28.7 Å². The van der Waals surface area contributed by atoms with Crippen LogP contribution in [0.2, 0.25) is 0 Å². The van der Waals surface area contributed by atoms with Crippen LogP contribution < -0.4 is 20.3 Å². The number of H-pyrrole nitrogens is 3. The number of allylic oxidation sites excluding steroid dienone is 3. The summed E-state index contributed by atoms with van der Waals surface area (Å²) in [5.74, 6) is 2.55. The number of amides is 2. The molecule has 13 aromatic rings. The number of anilines is 3. The van der Waals surface area contributed by atoms with Crippen molar-refractivity contribution >= 4 is 119 Å². The summed E-state index contributed by atoms with van der Waals surface area (Å²) in [5.41, 5.74) is 22.3. The summed E-state index contributed by atoms with van der Waals surface area (Å²) in [7, 11) is 8.85. The number of rotatable bonds is 16. The van der Waals surface area contributed by atoms with Crippen molar-refractivity contribution in [1.29, 1.82) is 0 Å². The molecule has 0 unspecified atom stereocenters. The third-order valence-electron chi connectivity index (χ3n) is 19.0. The molecule has 0 bridgehead atoms. The maximum Gasteiger partial charge on any atom is 0.331 e. The molecule has 0 fully saturated rings. The summed E-state index contributed by atoms with van der Waals surface area (Å²) in [5, 5.41) is 8.92. The highest BCUT2D eigenvalue weighted by atomic mass is 79.9. The third kappa shape index (κ3) is 15.8. The second-order valence-electron chi connectivity index (χ2n) is 27.0. The van der Waals surface area contributed by atoms with Crippen LogP contribution in [-0.4, -0.2) is 99.2 Å². The van der Waals surface area contributed by atoms with E-state index in [4.69, 9.17) is 33.9 Å². The lowest BCUT2D eigenvalue weighted by molar-refractivity contribution is 0.0964. The summed E-state index contributed by atoms with van der Waals surface area (Å²) >= 11 is 3.44. The average Bonchev–Trinajstić information content (AvgIpc) is 1.62. The molecule has 3 aliphatic heterocycles. The Labute approximate surface area is 645 Å². The van der Waals surface area contributed by atoms with Gasteiger partial charge in [0.25, 0.3) is 5.91 Å². The zero-order valence-corrected chi connectivity index (χ0v) is 64.3. The van der Waals surface area contributed by atoms with Gasteiger partial charge >= 0.3 is 12.1 Å². The van der Waals surface area contributed by atoms with Crippen molar-refractivity contribution in [3.8, 4) is 5.75 Å². The topological polar surface area (TPSA) is 215 Å². The van der Waals surface area contributed by atoms with E-state index in [1.807, 2.05) is 270 Å². The molecule has 0 saturated carbocycles. The first kappa shape index (κ1) is 73.4. The highest BCUT2D eigenvalue weighted by Crippen LogP contribution is 2.35. The standard InChI is InChI=1S/C34H30N4O3.C29H29N5O2.C27H22BrN3O2/c1-22-17-23(2)35-28(22)19-30-33(40-3)20-29(37-30)32-18-25-11-7-8-12-31(25)38(32)34(39)36-26-13-15-27(16-14-26)41-21-24-9-5-4-6-10-24;1-18-14-19(2)30-23(18)16-25-28(36-5)17-24(32-25)27-15-20-8-6-7-9-26(20)34(27)29(35)31-21-10-12-22(13-11-21)33(3)4;1-16-12-17(2)29-21(16)14-23-26(33-3)15-22(30-23)25-13-19-6-4-5-7-24(19)31(25)27(32)18-8-10-20(28)11-9-18/h4-20,35H,21H2,1-3H3,(H,36,39);6-17,30H,1-5H3,(H,31,35);4-15,29H,1-3H3/b30-19-;25-16-;23-14+. The number of benzene rings is 7. The molecule has 3 aliphatic rings. The Morgan fingerprint density at radius 2 is 0.809 bits per heavy atom. The number of nitrogens with one attached hydrogen (secondary N) is 5. The Bertz CT molecular complexity index is 6020. The smallest absolute Gasteiger partial charge is 0.331 e. The molecule has 550 valence electrons. The number of carbonyl (C=O) groups is 3. The van der Waals surface area contributed by atoms with Crippen LogP contribution in [-0.2, 0) is 20.8 Å². The van der Waals surface area contributed by atoms with E-state index in [9.17, 15) is 14.4 Å². The number of aryl methyl sites for hydroxylation is 6. The third-order valence-corrected chi connectivity index (χ3v) is 19.5. The minimum atomic E-state index is -0.289.